The molecule has 34 heavy (non-hydrogen) atoms. The number of anilines is 1. The van der Waals surface area contributed by atoms with Crippen LogP contribution in [0.15, 0.2) is 53.5 Å². The average molecular weight is 460 g/mol. The maximum Gasteiger partial charge on any atom is 0.340 e. The number of hydrogen-bond acceptors (Lipinski definition) is 6. The van der Waals surface area contributed by atoms with Gasteiger partial charge < -0.3 is 10.1 Å². The van der Waals surface area contributed by atoms with Crippen LogP contribution in [0.25, 0.3) is 16.6 Å². The maximum absolute atomic E-state index is 13.3. The maximum atomic E-state index is 13.3. The average Bonchev–Trinajstić information content (AvgIpc) is 3.26. The Labute approximate surface area is 196 Å². The van der Waals surface area contributed by atoms with Gasteiger partial charge in [-0.15, -0.1) is 0 Å². The molecule has 1 amide bonds. The molecule has 0 aliphatic rings. The minimum Gasteiger partial charge on any atom is -0.462 e. The van der Waals surface area contributed by atoms with E-state index in [0.717, 1.165) is 21.5 Å². The van der Waals surface area contributed by atoms with E-state index in [9.17, 15) is 14.4 Å². The number of rotatable bonds is 6. The molecule has 0 saturated carbocycles. The Balaban J connectivity index is 1.68. The summed E-state index contributed by atoms with van der Waals surface area (Å²) in [7, 11) is 0. The highest BCUT2D eigenvalue weighted by Gasteiger charge is 2.18. The van der Waals surface area contributed by atoms with Gasteiger partial charge >= 0.3 is 5.97 Å². The molecule has 2 aromatic carbocycles. The van der Waals surface area contributed by atoms with Crippen molar-refractivity contribution < 1.29 is 14.3 Å². The number of aryl methyl sites for hydroxylation is 3. The molecular formula is C25H25N5O4. The number of carbonyl (C=O) groups excluding carboxylic acids is 2. The molecule has 0 radical (unpaired) electrons. The van der Waals surface area contributed by atoms with Gasteiger partial charge in [0.2, 0.25) is 5.91 Å². The van der Waals surface area contributed by atoms with Crippen LogP contribution in [-0.2, 0) is 16.1 Å². The summed E-state index contributed by atoms with van der Waals surface area (Å²) in [6.07, 6.45) is 1.61. The largest absolute Gasteiger partial charge is 0.462 e. The summed E-state index contributed by atoms with van der Waals surface area (Å²) in [5, 5.41) is 12.0. The van der Waals surface area contributed by atoms with Gasteiger partial charge in [0.25, 0.3) is 5.56 Å². The summed E-state index contributed by atoms with van der Waals surface area (Å²) in [5.41, 5.74) is 3.97. The van der Waals surface area contributed by atoms with Crippen LogP contribution in [0.2, 0.25) is 0 Å². The van der Waals surface area contributed by atoms with Gasteiger partial charge in [0, 0.05) is 5.39 Å². The Kier molecular flexibility index (Phi) is 6.27. The lowest BCUT2D eigenvalue weighted by atomic mass is 10.1. The molecule has 174 valence electrons. The van der Waals surface area contributed by atoms with Gasteiger partial charge in [-0.25, -0.2) is 14.2 Å². The van der Waals surface area contributed by atoms with Crippen molar-refractivity contribution in [1.29, 1.82) is 0 Å². The fourth-order valence-electron chi connectivity index (χ4n) is 3.69. The monoisotopic (exact) mass is 459 g/mol. The lowest BCUT2D eigenvalue weighted by Crippen LogP contribution is -2.31. The Bertz CT molecular complexity index is 1470. The van der Waals surface area contributed by atoms with E-state index < -0.39 is 17.4 Å². The number of nitrogens with one attached hydrogen (secondary N) is 1. The number of hydrogen-bond donors (Lipinski definition) is 1. The lowest BCUT2D eigenvalue weighted by Gasteiger charge is -2.12. The first-order valence-electron chi connectivity index (χ1n) is 10.9. The lowest BCUT2D eigenvalue weighted by molar-refractivity contribution is -0.117. The third kappa shape index (κ3) is 4.32. The van der Waals surface area contributed by atoms with E-state index in [1.165, 1.54) is 0 Å². The molecule has 2 aromatic heterocycles. The molecule has 9 nitrogen and oxygen atoms in total. The molecule has 0 unspecified atom stereocenters. The van der Waals surface area contributed by atoms with Crippen molar-refractivity contribution in [2.24, 2.45) is 0 Å². The number of nitrogens with zero attached hydrogens (tertiary/aromatic N) is 4. The van der Waals surface area contributed by atoms with Crippen LogP contribution in [0.1, 0.15) is 34.1 Å². The van der Waals surface area contributed by atoms with E-state index in [0.29, 0.717) is 22.3 Å². The van der Waals surface area contributed by atoms with Crippen LogP contribution in [0.4, 0.5) is 5.69 Å². The van der Waals surface area contributed by atoms with Crippen molar-refractivity contribution in [2.45, 2.75) is 34.2 Å². The molecule has 0 atom stereocenters. The molecular weight excluding hydrogens is 434 g/mol. The predicted octanol–water partition coefficient (Wildman–Crippen LogP) is 3.32. The summed E-state index contributed by atoms with van der Waals surface area (Å²) < 4.78 is 7.73. The van der Waals surface area contributed by atoms with Crippen LogP contribution < -0.4 is 10.9 Å². The van der Waals surface area contributed by atoms with Gasteiger partial charge in [-0.3, -0.25) is 9.59 Å². The Morgan fingerprint density at radius 1 is 1.06 bits per heavy atom. The summed E-state index contributed by atoms with van der Waals surface area (Å²) in [6.45, 7) is 7.36. The quantitative estimate of drug-likeness (QED) is 0.443. The number of esters is 1. The molecule has 9 heteroatoms. The second kappa shape index (κ2) is 9.30. The van der Waals surface area contributed by atoms with Crippen molar-refractivity contribution in [3.8, 4) is 5.69 Å². The highest BCUT2D eigenvalue weighted by Crippen LogP contribution is 2.20. The molecule has 0 spiro atoms. The second-order valence-corrected chi connectivity index (χ2v) is 7.95. The number of para-hydroxylation sites is 1. The van der Waals surface area contributed by atoms with Crippen LogP contribution >= 0.6 is 0 Å². The molecule has 0 bridgehead atoms. The topological polar surface area (TPSA) is 108 Å². The highest BCUT2D eigenvalue weighted by molar-refractivity contribution is 6.01. The third-order valence-corrected chi connectivity index (χ3v) is 5.59. The first-order chi connectivity index (χ1) is 16.3. The van der Waals surface area contributed by atoms with Gasteiger partial charge in [-0.05, 0) is 63.1 Å². The van der Waals surface area contributed by atoms with E-state index in [4.69, 9.17) is 4.74 Å². The van der Waals surface area contributed by atoms with Crippen LogP contribution in [0, 0.1) is 20.8 Å². The van der Waals surface area contributed by atoms with E-state index in [1.807, 2.05) is 32.0 Å². The van der Waals surface area contributed by atoms with Crippen LogP contribution in [0.5, 0.6) is 0 Å². The van der Waals surface area contributed by atoms with Gasteiger partial charge in [-0.2, -0.15) is 10.2 Å². The molecule has 2 heterocycles. The molecule has 0 saturated heterocycles. The fourth-order valence-corrected chi connectivity index (χ4v) is 3.69. The summed E-state index contributed by atoms with van der Waals surface area (Å²) in [4.78, 5) is 38.3. The van der Waals surface area contributed by atoms with E-state index in [2.05, 4.69) is 15.5 Å². The zero-order valence-electron chi connectivity index (χ0n) is 19.5. The smallest absolute Gasteiger partial charge is 0.340 e. The Hall–Kier alpha value is -4.27. The highest BCUT2D eigenvalue weighted by atomic mass is 16.5. The molecule has 1 N–H and O–H groups in total. The molecule has 4 rings (SSSR count). The van der Waals surface area contributed by atoms with E-state index >= 15 is 0 Å². The Morgan fingerprint density at radius 2 is 1.82 bits per heavy atom. The van der Waals surface area contributed by atoms with E-state index in [1.54, 1.807) is 49.0 Å². The number of ether oxygens (including phenoxy) is 1. The number of benzene rings is 2. The second-order valence-electron chi connectivity index (χ2n) is 7.95. The minimum absolute atomic E-state index is 0.216. The molecule has 0 aliphatic carbocycles. The molecule has 0 aliphatic heterocycles. The van der Waals surface area contributed by atoms with Crippen LogP contribution in [0.3, 0.4) is 0 Å². The number of aromatic nitrogens is 4. The number of amides is 1. The van der Waals surface area contributed by atoms with Gasteiger partial charge in [0.1, 0.15) is 12.1 Å². The summed E-state index contributed by atoms with van der Waals surface area (Å²) in [6, 6.07) is 12.4. The van der Waals surface area contributed by atoms with Crippen molar-refractivity contribution in [2.75, 3.05) is 11.9 Å². The van der Waals surface area contributed by atoms with Crippen molar-refractivity contribution in [3.63, 3.8) is 0 Å². The van der Waals surface area contributed by atoms with Crippen molar-refractivity contribution >= 4 is 28.5 Å². The number of fused-ring (bicyclic) bond motifs is 1. The van der Waals surface area contributed by atoms with Crippen molar-refractivity contribution in [3.05, 3.63) is 81.4 Å². The first kappa shape index (κ1) is 22.9. The summed E-state index contributed by atoms with van der Waals surface area (Å²) in [5.74, 6) is -1.04. The van der Waals surface area contributed by atoms with Crippen molar-refractivity contribution in [1.82, 2.24) is 19.6 Å². The molecule has 4 aromatic rings. The summed E-state index contributed by atoms with van der Waals surface area (Å²) >= 11 is 0. The normalized spacial score (nSPS) is 10.9. The first-order valence-corrected chi connectivity index (χ1v) is 10.9. The SMILES string of the molecule is CCOC(=O)c1ccccc1NC(=O)Cn1nc(C)c2cnn(-c3ccc(C)c(C)c3)c2c1=O. The molecule has 0 fully saturated rings. The minimum atomic E-state index is -0.539. The Morgan fingerprint density at radius 3 is 2.56 bits per heavy atom. The third-order valence-electron chi connectivity index (χ3n) is 5.59. The van der Waals surface area contributed by atoms with E-state index in [-0.39, 0.29) is 18.7 Å². The zero-order chi connectivity index (χ0) is 24.4. The van der Waals surface area contributed by atoms with Crippen LogP contribution in [-0.4, -0.2) is 38.0 Å². The fraction of sp³-hybridized carbons (Fsp3) is 0.240. The van der Waals surface area contributed by atoms with Gasteiger partial charge in [-0.1, -0.05) is 18.2 Å². The van der Waals surface area contributed by atoms with Gasteiger partial charge in [0.05, 0.1) is 35.4 Å². The standard InChI is InChI=1S/C25H25N5O4/c1-5-34-25(33)19-8-6-7-9-21(19)27-22(31)14-29-24(32)23-20(17(4)28-29)13-26-30(23)18-11-10-15(2)16(3)12-18/h6-13H,5,14H2,1-4H3,(H,27,31). The number of carbonyl (C=O) groups is 2. The predicted molar refractivity (Wildman–Crippen MR) is 128 cm³/mol. The van der Waals surface area contributed by atoms with Gasteiger partial charge in [0.15, 0.2) is 0 Å². The zero-order valence-corrected chi connectivity index (χ0v) is 19.5.